The van der Waals surface area contributed by atoms with Crippen molar-refractivity contribution >= 4 is 5.84 Å². The second kappa shape index (κ2) is 6.45. The van der Waals surface area contributed by atoms with E-state index in [0.29, 0.717) is 12.6 Å². The van der Waals surface area contributed by atoms with Crippen LogP contribution in [0.1, 0.15) is 30.7 Å². The molecule has 0 amide bonds. The van der Waals surface area contributed by atoms with Crippen LogP contribution in [0.25, 0.3) is 0 Å². The Labute approximate surface area is 125 Å². The summed E-state index contributed by atoms with van der Waals surface area (Å²) >= 11 is 0. The first-order valence-electron chi connectivity index (χ1n) is 7.77. The lowest BCUT2D eigenvalue weighted by atomic mass is 9.97. The number of likely N-dealkylation sites (tertiary alicyclic amines) is 1. The molecule has 2 aliphatic rings. The van der Waals surface area contributed by atoms with E-state index in [-0.39, 0.29) is 11.8 Å². The van der Waals surface area contributed by atoms with Gasteiger partial charge in [0.25, 0.3) is 0 Å². The van der Waals surface area contributed by atoms with Crippen LogP contribution in [0.2, 0.25) is 0 Å². The number of nitrogens with two attached hydrogens (primary N) is 1. The molecule has 0 spiro atoms. The van der Waals surface area contributed by atoms with Crippen LogP contribution in [0, 0.1) is 0 Å². The zero-order valence-electron chi connectivity index (χ0n) is 12.3. The van der Waals surface area contributed by atoms with Crippen molar-refractivity contribution in [2.24, 2.45) is 10.9 Å². The minimum absolute atomic E-state index is 0.0776. The van der Waals surface area contributed by atoms with E-state index in [1.165, 1.54) is 25.8 Å². The normalized spacial score (nSPS) is 25.1. The molecule has 1 aromatic carbocycles. The van der Waals surface area contributed by atoms with Crippen LogP contribution in [-0.2, 0) is 0 Å². The van der Waals surface area contributed by atoms with Crippen LogP contribution in [0.5, 0.6) is 0 Å². The van der Waals surface area contributed by atoms with Gasteiger partial charge in [0.2, 0.25) is 0 Å². The van der Waals surface area contributed by atoms with Crippen molar-refractivity contribution < 1.29 is 5.21 Å². The third-order valence-electron chi connectivity index (χ3n) is 4.57. The number of benzene rings is 1. The lowest BCUT2D eigenvalue weighted by Gasteiger charge is -2.20. The Morgan fingerprint density at radius 3 is 2.76 bits per heavy atom. The molecule has 0 radical (unpaired) electrons. The molecule has 3 rings (SSSR count). The molecule has 1 heterocycles. The minimum Gasteiger partial charge on any atom is -0.409 e. The number of amidine groups is 1. The van der Waals surface area contributed by atoms with Crippen molar-refractivity contribution in [2.75, 3.05) is 19.6 Å². The summed E-state index contributed by atoms with van der Waals surface area (Å²) in [6, 6.07) is 11.3. The topological polar surface area (TPSA) is 73.9 Å². The Morgan fingerprint density at radius 1 is 1.33 bits per heavy atom. The van der Waals surface area contributed by atoms with E-state index in [9.17, 15) is 0 Å². The van der Waals surface area contributed by atoms with Crippen LogP contribution >= 0.6 is 0 Å². The van der Waals surface area contributed by atoms with E-state index >= 15 is 0 Å². The molecule has 1 saturated heterocycles. The lowest BCUT2D eigenvalue weighted by molar-refractivity contribution is 0.313. The maximum absolute atomic E-state index is 9.01. The smallest absolute Gasteiger partial charge is 0.147 e. The second-order valence-corrected chi connectivity index (χ2v) is 6.11. The van der Waals surface area contributed by atoms with Gasteiger partial charge in [-0.2, -0.15) is 0 Å². The fourth-order valence-electron chi connectivity index (χ4n) is 3.16. The van der Waals surface area contributed by atoms with Crippen molar-refractivity contribution in [2.45, 2.75) is 37.3 Å². The monoisotopic (exact) mass is 288 g/mol. The molecule has 2 fully saturated rings. The number of hydrogen-bond acceptors (Lipinski definition) is 4. The Bertz CT molecular complexity index is 486. The van der Waals surface area contributed by atoms with Gasteiger partial charge in [-0.25, -0.2) is 0 Å². The maximum Gasteiger partial charge on any atom is 0.147 e. The van der Waals surface area contributed by atoms with Crippen molar-refractivity contribution in [3.8, 4) is 0 Å². The molecule has 0 bridgehead atoms. The lowest BCUT2D eigenvalue weighted by Crippen LogP contribution is -2.39. The number of hydrogen-bond donors (Lipinski definition) is 3. The molecule has 1 aliphatic carbocycles. The second-order valence-electron chi connectivity index (χ2n) is 6.11. The molecule has 4 N–H and O–H groups in total. The number of nitrogens with one attached hydrogen (secondary N) is 1. The van der Waals surface area contributed by atoms with Gasteiger partial charge in [-0.05, 0) is 24.8 Å². The van der Waals surface area contributed by atoms with E-state index in [1.54, 1.807) is 0 Å². The van der Waals surface area contributed by atoms with Crippen molar-refractivity contribution in [1.82, 2.24) is 10.2 Å². The fourth-order valence-corrected chi connectivity index (χ4v) is 3.16. The highest BCUT2D eigenvalue weighted by atomic mass is 16.4. The Balaban J connectivity index is 1.57. The summed E-state index contributed by atoms with van der Waals surface area (Å²) in [6.45, 7) is 3.04. The van der Waals surface area contributed by atoms with Crippen molar-refractivity contribution in [1.29, 1.82) is 0 Å². The first-order valence-corrected chi connectivity index (χ1v) is 7.77. The van der Waals surface area contributed by atoms with Gasteiger partial charge in [-0.15, -0.1) is 0 Å². The Morgan fingerprint density at radius 2 is 2.10 bits per heavy atom. The summed E-state index contributed by atoms with van der Waals surface area (Å²) in [5.74, 6) is 0.192. The third-order valence-corrected chi connectivity index (χ3v) is 4.57. The highest BCUT2D eigenvalue weighted by molar-refractivity contribution is 5.87. The summed E-state index contributed by atoms with van der Waals surface area (Å²) in [5, 5.41) is 15.8. The third kappa shape index (κ3) is 3.54. The van der Waals surface area contributed by atoms with E-state index in [1.807, 2.05) is 30.3 Å². The first-order chi connectivity index (χ1) is 10.3. The number of oxime groups is 1. The molecule has 21 heavy (non-hydrogen) atoms. The fraction of sp³-hybridized carbons (Fsp3) is 0.562. The van der Waals surface area contributed by atoms with Gasteiger partial charge in [-0.3, -0.25) is 4.90 Å². The van der Waals surface area contributed by atoms with Crippen LogP contribution in [0.4, 0.5) is 0 Å². The van der Waals surface area contributed by atoms with E-state index in [2.05, 4.69) is 15.4 Å². The van der Waals surface area contributed by atoms with Gasteiger partial charge in [0.05, 0.1) is 5.92 Å². The van der Waals surface area contributed by atoms with Gasteiger partial charge in [0.1, 0.15) is 5.84 Å². The molecule has 1 aromatic rings. The van der Waals surface area contributed by atoms with E-state index in [0.717, 1.165) is 18.2 Å². The summed E-state index contributed by atoms with van der Waals surface area (Å²) in [4.78, 5) is 2.58. The van der Waals surface area contributed by atoms with Gasteiger partial charge < -0.3 is 16.3 Å². The summed E-state index contributed by atoms with van der Waals surface area (Å²) in [7, 11) is 0. The highest BCUT2D eigenvalue weighted by Gasteiger charge is 2.34. The number of nitrogens with zero attached hydrogens (tertiary/aromatic N) is 2. The van der Waals surface area contributed by atoms with E-state index in [4.69, 9.17) is 10.9 Å². The van der Waals surface area contributed by atoms with E-state index < -0.39 is 0 Å². The summed E-state index contributed by atoms with van der Waals surface area (Å²) in [5.41, 5.74) is 6.95. The standard InChI is InChI=1S/C16H24N4O/c17-16(19-21)15(12-4-2-1-3-5-12)10-18-13-8-9-20(11-13)14-6-7-14/h1-5,13-15,18,21H,6-11H2,(H2,17,19). The zero-order chi connectivity index (χ0) is 14.7. The molecule has 114 valence electrons. The molecule has 1 aliphatic heterocycles. The number of rotatable bonds is 6. The van der Waals surface area contributed by atoms with Crippen molar-refractivity contribution in [3.05, 3.63) is 35.9 Å². The molecule has 1 saturated carbocycles. The zero-order valence-corrected chi connectivity index (χ0v) is 12.3. The van der Waals surface area contributed by atoms with Gasteiger partial charge >= 0.3 is 0 Å². The average Bonchev–Trinajstić information content (AvgIpc) is 3.27. The molecule has 5 nitrogen and oxygen atoms in total. The molecule has 2 atom stereocenters. The molecule has 2 unspecified atom stereocenters. The molecular weight excluding hydrogens is 264 g/mol. The first kappa shape index (κ1) is 14.4. The largest absolute Gasteiger partial charge is 0.409 e. The van der Waals surface area contributed by atoms with Crippen LogP contribution < -0.4 is 11.1 Å². The maximum atomic E-state index is 9.01. The molecular formula is C16H24N4O. The SMILES string of the molecule is NC(=NO)C(CNC1CCN(C2CC2)C1)c1ccccc1. The highest BCUT2D eigenvalue weighted by Crippen LogP contribution is 2.29. The molecule has 0 aromatic heterocycles. The summed E-state index contributed by atoms with van der Waals surface area (Å²) in [6.07, 6.45) is 3.92. The molecule has 5 heteroatoms. The van der Waals surface area contributed by atoms with Gasteiger partial charge in [-0.1, -0.05) is 35.5 Å². The van der Waals surface area contributed by atoms with Crippen LogP contribution in [0.15, 0.2) is 35.5 Å². The minimum atomic E-state index is -0.0776. The van der Waals surface area contributed by atoms with Gasteiger partial charge in [0, 0.05) is 31.7 Å². The Kier molecular flexibility index (Phi) is 4.41. The quantitative estimate of drug-likeness (QED) is 0.320. The Hall–Kier alpha value is -1.59. The average molecular weight is 288 g/mol. The predicted octanol–water partition coefficient (Wildman–Crippen LogP) is 1.34. The van der Waals surface area contributed by atoms with Crippen LogP contribution in [0.3, 0.4) is 0 Å². The summed E-state index contributed by atoms with van der Waals surface area (Å²) < 4.78 is 0. The predicted molar refractivity (Wildman–Crippen MR) is 83.6 cm³/mol. The van der Waals surface area contributed by atoms with Crippen molar-refractivity contribution in [3.63, 3.8) is 0 Å². The van der Waals surface area contributed by atoms with Crippen LogP contribution in [-0.4, -0.2) is 47.7 Å². The van der Waals surface area contributed by atoms with Gasteiger partial charge in [0.15, 0.2) is 0 Å².